The second-order valence-electron chi connectivity index (χ2n) is 6.58. The molecule has 2 heterocycles. The highest BCUT2D eigenvalue weighted by Gasteiger charge is 2.24. The molecule has 0 aliphatic carbocycles. The molecule has 2 aliphatic rings. The SMILES string of the molecule is COc1ccc(CNC2=C3COCCC3=CC(c3ccccc3)N2)cc1. The Morgan fingerprint density at radius 1 is 1.12 bits per heavy atom. The molecule has 26 heavy (non-hydrogen) atoms. The van der Waals surface area contributed by atoms with Gasteiger partial charge in [-0.05, 0) is 35.3 Å². The molecule has 1 fully saturated rings. The maximum absolute atomic E-state index is 5.70. The van der Waals surface area contributed by atoms with E-state index in [0.717, 1.165) is 31.1 Å². The van der Waals surface area contributed by atoms with Gasteiger partial charge >= 0.3 is 0 Å². The van der Waals surface area contributed by atoms with Gasteiger partial charge in [-0.15, -0.1) is 0 Å². The predicted octanol–water partition coefficient (Wildman–Crippen LogP) is 3.69. The van der Waals surface area contributed by atoms with Crippen LogP contribution in [0.1, 0.15) is 23.6 Å². The lowest BCUT2D eigenvalue weighted by Gasteiger charge is -2.32. The number of rotatable bonds is 5. The van der Waals surface area contributed by atoms with Crippen molar-refractivity contribution in [3.8, 4) is 5.75 Å². The van der Waals surface area contributed by atoms with Gasteiger partial charge in [-0.25, -0.2) is 0 Å². The Morgan fingerprint density at radius 3 is 2.69 bits per heavy atom. The first-order valence-corrected chi connectivity index (χ1v) is 9.04. The van der Waals surface area contributed by atoms with E-state index in [9.17, 15) is 0 Å². The molecule has 2 aromatic rings. The quantitative estimate of drug-likeness (QED) is 0.865. The lowest BCUT2D eigenvalue weighted by Crippen LogP contribution is -2.36. The van der Waals surface area contributed by atoms with Crippen LogP contribution in [-0.2, 0) is 11.3 Å². The number of hydrogen-bond acceptors (Lipinski definition) is 4. The molecular weight excluding hydrogens is 324 g/mol. The Morgan fingerprint density at radius 2 is 1.92 bits per heavy atom. The number of nitrogens with one attached hydrogen (secondary N) is 2. The van der Waals surface area contributed by atoms with Crippen molar-refractivity contribution in [1.29, 1.82) is 0 Å². The zero-order chi connectivity index (χ0) is 17.8. The van der Waals surface area contributed by atoms with Crippen LogP contribution >= 0.6 is 0 Å². The van der Waals surface area contributed by atoms with Crippen molar-refractivity contribution in [2.24, 2.45) is 0 Å². The van der Waals surface area contributed by atoms with Crippen molar-refractivity contribution in [2.45, 2.75) is 19.0 Å². The fourth-order valence-electron chi connectivity index (χ4n) is 3.43. The molecule has 4 rings (SSSR count). The lowest BCUT2D eigenvalue weighted by atomic mass is 9.92. The standard InChI is InChI=1S/C22H24N2O2/c1-25-19-9-7-16(8-10-19)14-23-22-20-15-26-12-11-18(20)13-21(24-22)17-5-3-2-4-6-17/h2-10,13,21,23-24H,11-12,14-15H2,1H3. The number of methoxy groups -OCH3 is 1. The average Bonchev–Trinajstić information content (AvgIpc) is 2.73. The Balaban J connectivity index is 1.54. The van der Waals surface area contributed by atoms with Crippen molar-refractivity contribution >= 4 is 0 Å². The zero-order valence-electron chi connectivity index (χ0n) is 15.0. The lowest BCUT2D eigenvalue weighted by molar-refractivity contribution is 0.143. The first-order valence-electron chi connectivity index (χ1n) is 9.04. The Bertz CT molecular complexity index is 810. The first kappa shape index (κ1) is 16.7. The Labute approximate surface area is 154 Å². The van der Waals surface area contributed by atoms with Gasteiger partial charge in [0.15, 0.2) is 0 Å². The molecule has 134 valence electrons. The molecule has 2 aliphatic heterocycles. The fraction of sp³-hybridized carbons (Fsp3) is 0.273. The van der Waals surface area contributed by atoms with Crippen molar-refractivity contribution < 1.29 is 9.47 Å². The summed E-state index contributed by atoms with van der Waals surface area (Å²) in [6, 6.07) is 18.9. The predicted molar refractivity (Wildman–Crippen MR) is 103 cm³/mol. The molecule has 1 saturated heterocycles. The van der Waals surface area contributed by atoms with Crippen LogP contribution in [0.15, 0.2) is 77.6 Å². The van der Waals surface area contributed by atoms with Crippen molar-refractivity contribution in [1.82, 2.24) is 10.6 Å². The summed E-state index contributed by atoms with van der Waals surface area (Å²) in [4.78, 5) is 0. The van der Waals surface area contributed by atoms with E-state index in [0.29, 0.717) is 6.61 Å². The van der Waals surface area contributed by atoms with Gasteiger partial charge in [0, 0.05) is 12.1 Å². The number of fused-ring (bicyclic) bond motifs is 1. The molecule has 0 saturated carbocycles. The van der Waals surface area contributed by atoms with Crippen LogP contribution in [0.3, 0.4) is 0 Å². The highest BCUT2D eigenvalue weighted by molar-refractivity contribution is 5.43. The van der Waals surface area contributed by atoms with Gasteiger partial charge < -0.3 is 20.1 Å². The van der Waals surface area contributed by atoms with E-state index >= 15 is 0 Å². The van der Waals surface area contributed by atoms with Crippen molar-refractivity contribution in [3.05, 3.63) is 88.8 Å². The largest absolute Gasteiger partial charge is 0.497 e. The van der Waals surface area contributed by atoms with Crippen LogP contribution in [0.5, 0.6) is 5.75 Å². The number of dihydropyridines is 1. The van der Waals surface area contributed by atoms with Crippen LogP contribution < -0.4 is 15.4 Å². The molecule has 2 N–H and O–H groups in total. The molecule has 0 bridgehead atoms. The van der Waals surface area contributed by atoms with Crippen molar-refractivity contribution in [3.63, 3.8) is 0 Å². The summed E-state index contributed by atoms with van der Waals surface area (Å²) in [6.07, 6.45) is 3.31. The van der Waals surface area contributed by atoms with E-state index in [1.165, 1.54) is 22.3 Å². The van der Waals surface area contributed by atoms with Gasteiger partial charge in [0.25, 0.3) is 0 Å². The minimum Gasteiger partial charge on any atom is -0.497 e. The highest BCUT2D eigenvalue weighted by atomic mass is 16.5. The summed E-state index contributed by atoms with van der Waals surface area (Å²) < 4.78 is 10.9. The molecule has 0 radical (unpaired) electrons. The van der Waals surface area contributed by atoms with E-state index < -0.39 is 0 Å². The van der Waals surface area contributed by atoms with E-state index in [1.54, 1.807) is 7.11 Å². The third kappa shape index (κ3) is 3.60. The normalized spacial score (nSPS) is 19.3. The molecule has 2 aromatic carbocycles. The summed E-state index contributed by atoms with van der Waals surface area (Å²) in [5, 5.41) is 7.23. The van der Waals surface area contributed by atoms with E-state index in [1.807, 2.05) is 12.1 Å². The molecule has 0 aromatic heterocycles. The number of ether oxygens (including phenoxy) is 2. The Kier molecular flexibility index (Phi) is 4.93. The molecule has 4 heteroatoms. The maximum Gasteiger partial charge on any atom is 0.118 e. The zero-order valence-corrected chi connectivity index (χ0v) is 15.0. The minimum absolute atomic E-state index is 0.186. The van der Waals surface area contributed by atoms with Gasteiger partial charge in [0.1, 0.15) is 11.6 Å². The second kappa shape index (κ2) is 7.67. The van der Waals surface area contributed by atoms with E-state index in [4.69, 9.17) is 9.47 Å². The van der Waals surface area contributed by atoms with Crippen LogP contribution in [0, 0.1) is 0 Å². The first-order chi connectivity index (χ1) is 12.8. The van der Waals surface area contributed by atoms with E-state index in [2.05, 4.69) is 59.2 Å². The number of benzene rings is 2. The van der Waals surface area contributed by atoms with Crippen LogP contribution in [0.25, 0.3) is 0 Å². The summed E-state index contributed by atoms with van der Waals surface area (Å²) >= 11 is 0. The molecule has 1 atom stereocenters. The Hall–Kier alpha value is -2.72. The van der Waals surface area contributed by atoms with Crippen LogP contribution in [0.4, 0.5) is 0 Å². The molecule has 0 spiro atoms. The third-order valence-corrected chi connectivity index (χ3v) is 4.91. The van der Waals surface area contributed by atoms with Gasteiger partial charge in [-0.3, -0.25) is 0 Å². The van der Waals surface area contributed by atoms with Gasteiger partial charge in [0.05, 0.1) is 26.4 Å². The summed E-state index contributed by atoms with van der Waals surface area (Å²) in [6.45, 7) is 2.21. The van der Waals surface area contributed by atoms with Gasteiger partial charge in [0.2, 0.25) is 0 Å². The minimum atomic E-state index is 0.186. The van der Waals surface area contributed by atoms with Gasteiger partial charge in [-0.2, -0.15) is 0 Å². The monoisotopic (exact) mass is 348 g/mol. The van der Waals surface area contributed by atoms with Crippen LogP contribution in [0.2, 0.25) is 0 Å². The molecule has 0 amide bonds. The van der Waals surface area contributed by atoms with Gasteiger partial charge in [-0.1, -0.05) is 48.5 Å². The second-order valence-corrected chi connectivity index (χ2v) is 6.58. The molecule has 1 unspecified atom stereocenters. The summed E-state index contributed by atoms with van der Waals surface area (Å²) in [5.41, 5.74) is 5.12. The smallest absolute Gasteiger partial charge is 0.118 e. The maximum atomic E-state index is 5.70. The highest BCUT2D eigenvalue weighted by Crippen LogP contribution is 2.31. The average molecular weight is 348 g/mol. The van der Waals surface area contributed by atoms with Crippen LogP contribution in [-0.4, -0.2) is 20.3 Å². The van der Waals surface area contributed by atoms with Crippen molar-refractivity contribution in [2.75, 3.05) is 20.3 Å². The summed E-state index contributed by atoms with van der Waals surface area (Å²) in [5.74, 6) is 1.95. The topological polar surface area (TPSA) is 42.5 Å². The summed E-state index contributed by atoms with van der Waals surface area (Å²) in [7, 11) is 1.69. The molecular formula is C22H24N2O2. The fourth-order valence-corrected chi connectivity index (χ4v) is 3.43. The number of hydrogen-bond donors (Lipinski definition) is 2. The third-order valence-electron chi connectivity index (χ3n) is 4.91. The molecule has 4 nitrogen and oxygen atoms in total. The van der Waals surface area contributed by atoms with E-state index in [-0.39, 0.29) is 6.04 Å².